The second kappa shape index (κ2) is 9.58. The molecule has 190 valence electrons. The summed E-state index contributed by atoms with van der Waals surface area (Å²) in [6, 6.07) is 10.9. The van der Waals surface area contributed by atoms with Crippen LogP contribution in [0, 0.1) is 24.2 Å². The number of aromatic nitrogens is 2. The van der Waals surface area contributed by atoms with Gasteiger partial charge in [-0.3, -0.25) is 9.59 Å². The molecule has 0 bridgehead atoms. The van der Waals surface area contributed by atoms with Crippen LogP contribution in [0.15, 0.2) is 34.7 Å². The number of aryl methyl sites for hydroxylation is 2. The van der Waals surface area contributed by atoms with E-state index in [0.29, 0.717) is 72.4 Å². The molecule has 2 aromatic carbocycles. The van der Waals surface area contributed by atoms with Crippen LogP contribution in [-0.4, -0.2) is 40.9 Å². The second-order valence-corrected chi connectivity index (χ2v) is 9.41. The molecule has 5 rings (SSSR count). The summed E-state index contributed by atoms with van der Waals surface area (Å²) in [5, 5.41) is 29.4. The van der Waals surface area contributed by atoms with E-state index >= 15 is 0 Å². The number of carbonyl (C=O) groups excluding carboxylic acids is 1. The van der Waals surface area contributed by atoms with Crippen LogP contribution in [0.25, 0.3) is 11.5 Å². The number of methoxy groups -OCH3 is 1. The molecule has 2 atom stereocenters. The summed E-state index contributed by atoms with van der Waals surface area (Å²) >= 11 is 0. The monoisotopic (exact) mass is 502 g/mol. The topological polar surface area (TPSA) is 148 Å². The van der Waals surface area contributed by atoms with Crippen LogP contribution in [0.3, 0.4) is 0 Å². The van der Waals surface area contributed by atoms with E-state index in [9.17, 15) is 14.9 Å². The van der Waals surface area contributed by atoms with E-state index in [1.54, 1.807) is 38.3 Å². The number of nitrogens with zero attached hydrogens (tertiary/aromatic N) is 3. The molecule has 1 aromatic heterocycles. The molecule has 1 fully saturated rings. The van der Waals surface area contributed by atoms with Crippen LogP contribution in [0.2, 0.25) is 0 Å². The first-order valence-corrected chi connectivity index (χ1v) is 12.1. The minimum atomic E-state index is -0.871. The van der Waals surface area contributed by atoms with Gasteiger partial charge in [-0.2, -0.15) is 5.26 Å². The summed E-state index contributed by atoms with van der Waals surface area (Å²) in [4.78, 5) is 24.4. The average molecular weight is 503 g/mol. The molecular formula is C27H26N4O6. The Balaban J connectivity index is 1.42. The number of nitrogens with one attached hydrogen (secondary N) is 1. The number of benzene rings is 2. The third-order valence-corrected chi connectivity index (χ3v) is 7.13. The molecule has 10 nitrogen and oxygen atoms in total. The molecule has 1 spiro atoms. The van der Waals surface area contributed by atoms with Gasteiger partial charge in [0.25, 0.3) is 5.89 Å². The van der Waals surface area contributed by atoms with Gasteiger partial charge in [-0.1, -0.05) is 6.07 Å². The number of fused-ring (bicyclic) bond motifs is 2. The van der Waals surface area contributed by atoms with Crippen LogP contribution >= 0.6 is 0 Å². The van der Waals surface area contributed by atoms with Crippen molar-refractivity contribution in [3.8, 4) is 29.0 Å². The van der Waals surface area contributed by atoms with Crippen molar-refractivity contribution in [1.29, 1.82) is 5.26 Å². The zero-order valence-electron chi connectivity index (χ0n) is 20.5. The van der Waals surface area contributed by atoms with Gasteiger partial charge in [0.1, 0.15) is 11.5 Å². The maximum absolute atomic E-state index is 13.5. The van der Waals surface area contributed by atoms with Crippen molar-refractivity contribution in [1.82, 2.24) is 10.2 Å². The van der Waals surface area contributed by atoms with E-state index in [2.05, 4.69) is 21.6 Å². The lowest BCUT2D eigenvalue weighted by molar-refractivity contribution is -0.137. The van der Waals surface area contributed by atoms with E-state index in [1.807, 2.05) is 6.07 Å². The Labute approximate surface area is 213 Å². The second-order valence-electron chi connectivity index (χ2n) is 9.41. The first-order chi connectivity index (χ1) is 17.8. The normalized spacial score (nSPS) is 19.4. The Morgan fingerprint density at radius 1 is 1.30 bits per heavy atom. The highest BCUT2D eigenvalue weighted by molar-refractivity contribution is 5.97. The lowest BCUT2D eigenvalue weighted by Crippen LogP contribution is -2.27. The van der Waals surface area contributed by atoms with Gasteiger partial charge >= 0.3 is 5.97 Å². The third kappa shape index (κ3) is 4.60. The minimum Gasteiger partial charge on any atom is -0.496 e. The van der Waals surface area contributed by atoms with Gasteiger partial charge in [0.15, 0.2) is 0 Å². The number of rotatable bonds is 8. The molecule has 0 saturated heterocycles. The first kappa shape index (κ1) is 24.3. The van der Waals surface area contributed by atoms with Gasteiger partial charge < -0.3 is 24.3 Å². The number of hydrogen-bond donors (Lipinski definition) is 2. The van der Waals surface area contributed by atoms with Crippen molar-refractivity contribution in [2.45, 2.75) is 44.4 Å². The summed E-state index contributed by atoms with van der Waals surface area (Å²) in [5.41, 5.74) is 2.91. The molecule has 10 heteroatoms. The lowest BCUT2D eigenvalue weighted by atomic mass is 9.86. The number of ether oxygens (including phenoxy) is 2. The summed E-state index contributed by atoms with van der Waals surface area (Å²) < 4.78 is 17.1. The first-order valence-electron chi connectivity index (χ1n) is 12.1. The van der Waals surface area contributed by atoms with Crippen LogP contribution in [0.4, 0.5) is 5.69 Å². The van der Waals surface area contributed by atoms with E-state index in [-0.39, 0.29) is 18.2 Å². The molecule has 0 unspecified atom stereocenters. The molecular weight excluding hydrogens is 476 g/mol. The SMILES string of the molecule is COc1cc2c(cc1-c1nnc(C)o1)[C@]1(CCO2)C[C@H]1C(=O)Nc1cc(C#N)ccc1CCCC(=O)O. The highest BCUT2D eigenvalue weighted by Gasteiger charge is 2.61. The van der Waals surface area contributed by atoms with Crippen molar-refractivity contribution < 1.29 is 28.6 Å². The molecule has 2 aliphatic rings. The quantitative estimate of drug-likeness (QED) is 0.466. The van der Waals surface area contributed by atoms with Crippen LogP contribution < -0.4 is 14.8 Å². The fourth-order valence-corrected chi connectivity index (χ4v) is 5.14. The van der Waals surface area contributed by atoms with E-state index in [4.69, 9.17) is 19.0 Å². The molecule has 1 aliphatic heterocycles. The fourth-order valence-electron chi connectivity index (χ4n) is 5.14. The van der Waals surface area contributed by atoms with Crippen molar-refractivity contribution in [2.24, 2.45) is 5.92 Å². The third-order valence-electron chi connectivity index (χ3n) is 7.13. The Morgan fingerprint density at radius 2 is 2.14 bits per heavy atom. The highest BCUT2D eigenvalue weighted by Crippen LogP contribution is 2.62. The zero-order valence-corrected chi connectivity index (χ0v) is 20.5. The number of carboxylic acid groups (broad SMARTS) is 1. The average Bonchev–Trinajstić information content (AvgIpc) is 3.44. The van der Waals surface area contributed by atoms with Crippen molar-refractivity contribution >= 4 is 17.6 Å². The zero-order chi connectivity index (χ0) is 26.2. The number of carboxylic acids is 1. The summed E-state index contributed by atoms with van der Waals surface area (Å²) in [5.74, 6) is 0.664. The van der Waals surface area contributed by atoms with E-state index < -0.39 is 11.4 Å². The maximum atomic E-state index is 13.5. The Morgan fingerprint density at radius 3 is 2.84 bits per heavy atom. The van der Waals surface area contributed by atoms with Gasteiger partial charge in [0.2, 0.25) is 11.8 Å². The van der Waals surface area contributed by atoms with Crippen molar-refractivity contribution in [3.05, 3.63) is 52.9 Å². The largest absolute Gasteiger partial charge is 0.496 e. The van der Waals surface area contributed by atoms with Crippen molar-refractivity contribution in [3.63, 3.8) is 0 Å². The molecule has 1 aliphatic carbocycles. The summed E-state index contributed by atoms with van der Waals surface area (Å²) in [6.07, 6.45) is 2.27. The minimum absolute atomic E-state index is 0.0290. The van der Waals surface area contributed by atoms with Gasteiger partial charge in [0.05, 0.1) is 30.9 Å². The molecule has 1 saturated carbocycles. The molecule has 0 radical (unpaired) electrons. The predicted octanol–water partition coefficient (Wildman–Crippen LogP) is 4.01. The van der Waals surface area contributed by atoms with E-state index in [1.165, 1.54) is 0 Å². The maximum Gasteiger partial charge on any atom is 0.303 e. The smallest absolute Gasteiger partial charge is 0.303 e. The lowest BCUT2D eigenvalue weighted by Gasteiger charge is -2.28. The number of nitriles is 1. The van der Waals surface area contributed by atoms with Crippen LogP contribution in [0.5, 0.6) is 11.5 Å². The van der Waals surface area contributed by atoms with Gasteiger partial charge in [0, 0.05) is 42.0 Å². The summed E-state index contributed by atoms with van der Waals surface area (Å²) in [6.45, 7) is 2.19. The van der Waals surface area contributed by atoms with Gasteiger partial charge in [-0.15, -0.1) is 10.2 Å². The number of carbonyl (C=O) groups is 2. The summed E-state index contributed by atoms with van der Waals surface area (Å²) in [7, 11) is 1.56. The number of amides is 1. The van der Waals surface area contributed by atoms with Crippen LogP contribution in [0.1, 0.15) is 48.3 Å². The molecule has 3 aromatic rings. The molecule has 2 heterocycles. The van der Waals surface area contributed by atoms with Gasteiger partial charge in [-0.05, 0) is 49.4 Å². The van der Waals surface area contributed by atoms with Crippen LogP contribution in [-0.2, 0) is 21.4 Å². The Kier molecular flexibility index (Phi) is 6.29. The Hall–Kier alpha value is -4.39. The Bertz CT molecular complexity index is 1420. The number of aliphatic carboxylic acids is 1. The van der Waals surface area contributed by atoms with Gasteiger partial charge in [-0.25, -0.2) is 0 Å². The molecule has 37 heavy (non-hydrogen) atoms. The van der Waals surface area contributed by atoms with Crippen molar-refractivity contribution in [2.75, 3.05) is 19.0 Å². The standard InChI is InChI=1S/C27H26N4O6/c1-15-30-31-26(37-15)18-11-19-23(12-22(18)35-2)36-9-8-27(19)13-20(27)25(34)29-21-10-16(14-28)6-7-17(21)4-3-5-24(32)33/h6-7,10-12,20H,3-5,8-9,13H2,1-2H3,(H,29,34)(H,32,33)/t20-,27-/m0/s1. The highest BCUT2D eigenvalue weighted by atomic mass is 16.5. The molecule has 1 amide bonds. The van der Waals surface area contributed by atoms with E-state index in [0.717, 1.165) is 11.1 Å². The number of anilines is 1. The predicted molar refractivity (Wildman–Crippen MR) is 131 cm³/mol. The molecule has 2 N–H and O–H groups in total. The number of hydrogen-bond acceptors (Lipinski definition) is 8. The fraction of sp³-hybridized carbons (Fsp3) is 0.370.